The van der Waals surface area contributed by atoms with Crippen LogP contribution in [-0.2, 0) is 5.41 Å². The van der Waals surface area contributed by atoms with Gasteiger partial charge >= 0.3 is 0 Å². The van der Waals surface area contributed by atoms with E-state index in [2.05, 4.69) is 64.8 Å². The summed E-state index contributed by atoms with van der Waals surface area (Å²) < 4.78 is 0. The maximum Gasteiger partial charge on any atom is 0.0431 e. The van der Waals surface area contributed by atoms with E-state index >= 15 is 0 Å². The molecule has 1 fully saturated rings. The average Bonchev–Trinajstić information content (AvgIpc) is 2.55. The Hall–Kier alpha value is -0.890. The molecule has 1 aliphatic rings. The van der Waals surface area contributed by atoms with Crippen molar-refractivity contribution in [3.8, 4) is 0 Å². The lowest BCUT2D eigenvalue weighted by molar-refractivity contribution is 0.0708. The minimum Gasteiger partial charge on any atom is -0.298 e. The predicted molar refractivity (Wildman–Crippen MR) is 105 cm³/mol. The van der Waals surface area contributed by atoms with Gasteiger partial charge < -0.3 is 0 Å². The third-order valence-corrected chi connectivity index (χ3v) is 5.88. The number of pyridine rings is 1. The van der Waals surface area contributed by atoms with Crippen molar-refractivity contribution in [2.45, 2.75) is 96.9 Å². The van der Waals surface area contributed by atoms with Gasteiger partial charge in [0.25, 0.3) is 0 Å². The van der Waals surface area contributed by atoms with Crippen LogP contribution >= 0.6 is 0 Å². The van der Waals surface area contributed by atoms with Gasteiger partial charge in [0.15, 0.2) is 0 Å². The lowest BCUT2D eigenvalue weighted by Gasteiger charge is -2.45. The largest absolute Gasteiger partial charge is 0.298 e. The fourth-order valence-corrected chi connectivity index (χ4v) is 4.47. The summed E-state index contributed by atoms with van der Waals surface area (Å²) in [5.41, 5.74) is 3.02. The molecule has 2 rings (SSSR count). The van der Waals surface area contributed by atoms with E-state index in [4.69, 9.17) is 4.98 Å². The second-order valence-electron chi connectivity index (χ2n) is 9.08. The summed E-state index contributed by atoms with van der Waals surface area (Å²) >= 11 is 0. The van der Waals surface area contributed by atoms with E-state index in [0.717, 1.165) is 0 Å². The molecule has 0 spiro atoms. The standard InChI is InChI=1S/C22H38N2/c1-7-11-18(2)20-13-12-19(16-23-20)21(3,4)17-22(5,6)24-14-9-8-10-15-24/h12-13,16,18H,7-11,14-15,17H2,1-6H3. The number of likely N-dealkylation sites (tertiary alicyclic amines) is 1. The number of piperidine rings is 1. The van der Waals surface area contributed by atoms with Gasteiger partial charge in [-0.3, -0.25) is 9.88 Å². The molecular weight excluding hydrogens is 292 g/mol. The Balaban J connectivity index is 2.08. The first-order valence-corrected chi connectivity index (χ1v) is 9.98. The lowest BCUT2D eigenvalue weighted by atomic mass is 9.74. The topological polar surface area (TPSA) is 16.1 Å². The number of aromatic nitrogens is 1. The smallest absolute Gasteiger partial charge is 0.0431 e. The molecule has 1 unspecified atom stereocenters. The fourth-order valence-electron chi connectivity index (χ4n) is 4.47. The van der Waals surface area contributed by atoms with E-state index in [-0.39, 0.29) is 11.0 Å². The molecule has 1 aromatic rings. The van der Waals surface area contributed by atoms with Crippen molar-refractivity contribution in [1.29, 1.82) is 0 Å². The SMILES string of the molecule is CCCC(C)c1ccc(C(C)(C)CC(C)(C)N2CCCCC2)cn1. The van der Waals surface area contributed by atoms with Crippen LogP contribution in [0.3, 0.4) is 0 Å². The molecular formula is C22H38N2. The Kier molecular flexibility index (Phi) is 6.47. The van der Waals surface area contributed by atoms with E-state index in [1.54, 1.807) is 0 Å². The molecule has 0 N–H and O–H groups in total. The second-order valence-corrected chi connectivity index (χ2v) is 9.08. The number of rotatable bonds is 7. The summed E-state index contributed by atoms with van der Waals surface area (Å²) in [4.78, 5) is 7.49. The maximum atomic E-state index is 4.79. The van der Waals surface area contributed by atoms with E-state index < -0.39 is 0 Å². The highest BCUT2D eigenvalue weighted by atomic mass is 15.2. The van der Waals surface area contributed by atoms with E-state index in [1.165, 1.54) is 62.9 Å². The van der Waals surface area contributed by atoms with Gasteiger partial charge in [-0.25, -0.2) is 0 Å². The van der Waals surface area contributed by atoms with Gasteiger partial charge in [-0.15, -0.1) is 0 Å². The van der Waals surface area contributed by atoms with Gasteiger partial charge in [-0.05, 0) is 75.6 Å². The van der Waals surface area contributed by atoms with Crippen molar-refractivity contribution in [2.75, 3.05) is 13.1 Å². The summed E-state index contributed by atoms with van der Waals surface area (Å²) in [5, 5.41) is 0. The van der Waals surface area contributed by atoms with Crippen LogP contribution in [0, 0.1) is 0 Å². The third kappa shape index (κ3) is 4.81. The van der Waals surface area contributed by atoms with Crippen LogP contribution in [0.15, 0.2) is 18.3 Å². The number of hydrogen-bond acceptors (Lipinski definition) is 2. The van der Waals surface area contributed by atoms with Crippen molar-refractivity contribution in [2.24, 2.45) is 0 Å². The zero-order valence-corrected chi connectivity index (χ0v) is 16.9. The second kappa shape index (κ2) is 7.99. The van der Waals surface area contributed by atoms with Crippen LogP contribution < -0.4 is 0 Å². The third-order valence-electron chi connectivity index (χ3n) is 5.88. The van der Waals surface area contributed by atoms with Crippen molar-refractivity contribution < 1.29 is 0 Å². The highest BCUT2D eigenvalue weighted by Crippen LogP contribution is 2.36. The quantitative estimate of drug-likeness (QED) is 0.617. The molecule has 0 bridgehead atoms. The molecule has 0 aromatic carbocycles. The van der Waals surface area contributed by atoms with E-state index in [0.29, 0.717) is 5.92 Å². The molecule has 2 heterocycles. The molecule has 24 heavy (non-hydrogen) atoms. The van der Waals surface area contributed by atoms with Crippen LogP contribution in [-0.4, -0.2) is 28.5 Å². The van der Waals surface area contributed by atoms with E-state index in [1.807, 2.05) is 0 Å². The summed E-state index contributed by atoms with van der Waals surface area (Å²) in [7, 11) is 0. The molecule has 0 saturated carbocycles. The Bertz CT molecular complexity index is 495. The Morgan fingerprint density at radius 2 is 1.75 bits per heavy atom. The van der Waals surface area contributed by atoms with Gasteiger partial charge in [0, 0.05) is 17.4 Å². The summed E-state index contributed by atoms with van der Waals surface area (Å²) in [6, 6.07) is 4.58. The van der Waals surface area contributed by atoms with Crippen molar-refractivity contribution in [3.63, 3.8) is 0 Å². The van der Waals surface area contributed by atoms with Crippen LogP contribution in [0.4, 0.5) is 0 Å². The molecule has 2 heteroatoms. The molecule has 0 radical (unpaired) electrons. The monoisotopic (exact) mass is 330 g/mol. The van der Waals surface area contributed by atoms with Crippen LogP contribution in [0.2, 0.25) is 0 Å². The van der Waals surface area contributed by atoms with Crippen molar-refractivity contribution >= 4 is 0 Å². The van der Waals surface area contributed by atoms with Crippen LogP contribution in [0.5, 0.6) is 0 Å². The van der Waals surface area contributed by atoms with Crippen molar-refractivity contribution in [3.05, 3.63) is 29.6 Å². The van der Waals surface area contributed by atoms with Crippen LogP contribution in [0.25, 0.3) is 0 Å². The molecule has 1 aromatic heterocycles. The van der Waals surface area contributed by atoms with Crippen molar-refractivity contribution in [1.82, 2.24) is 9.88 Å². The zero-order valence-electron chi connectivity index (χ0n) is 16.9. The summed E-state index contributed by atoms with van der Waals surface area (Å²) in [5.74, 6) is 0.567. The first kappa shape index (κ1) is 19.4. The Morgan fingerprint density at radius 1 is 1.08 bits per heavy atom. The van der Waals surface area contributed by atoms with Gasteiger partial charge in [-0.1, -0.05) is 46.6 Å². The van der Waals surface area contributed by atoms with Gasteiger partial charge in [0.1, 0.15) is 0 Å². The molecule has 1 aliphatic heterocycles. The maximum absolute atomic E-state index is 4.79. The molecule has 1 saturated heterocycles. The molecule has 0 amide bonds. The van der Waals surface area contributed by atoms with Gasteiger partial charge in [0.05, 0.1) is 0 Å². The van der Waals surface area contributed by atoms with Gasteiger partial charge in [-0.2, -0.15) is 0 Å². The molecule has 0 aliphatic carbocycles. The zero-order chi connectivity index (χ0) is 17.8. The number of nitrogens with zero attached hydrogens (tertiary/aromatic N) is 2. The fraction of sp³-hybridized carbons (Fsp3) is 0.773. The Labute approximate surface area is 150 Å². The molecule has 2 nitrogen and oxygen atoms in total. The molecule has 1 atom stereocenters. The van der Waals surface area contributed by atoms with Crippen LogP contribution in [0.1, 0.15) is 97.2 Å². The molecule has 136 valence electrons. The first-order chi connectivity index (χ1) is 11.3. The average molecular weight is 331 g/mol. The predicted octanol–water partition coefficient (Wildman–Crippen LogP) is 5.92. The minimum atomic E-state index is 0.153. The van der Waals surface area contributed by atoms with E-state index in [9.17, 15) is 0 Å². The highest BCUT2D eigenvalue weighted by Gasteiger charge is 2.35. The minimum absolute atomic E-state index is 0.153. The highest BCUT2D eigenvalue weighted by molar-refractivity contribution is 5.24. The summed E-state index contributed by atoms with van der Waals surface area (Å²) in [6.45, 7) is 16.7. The first-order valence-electron chi connectivity index (χ1n) is 9.98. The number of hydrogen-bond donors (Lipinski definition) is 0. The normalized spacial score (nSPS) is 18.6. The van der Waals surface area contributed by atoms with Gasteiger partial charge in [0.2, 0.25) is 0 Å². The Morgan fingerprint density at radius 3 is 2.29 bits per heavy atom. The lowest BCUT2D eigenvalue weighted by Crippen LogP contribution is -2.49. The summed E-state index contributed by atoms with van der Waals surface area (Å²) in [6.07, 6.45) is 9.86.